The lowest BCUT2D eigenvalue weighted by atomic mass is 10.1. The molecule has 0 aromatic heterocycles. The number of methoxy groups -OCH3 is 2. The number of hydrazone groups is 1. The zero-order valence-corrected chi connectivity index (χ0v) is 23.5. The van der Waals surface area contributed by atoms with Crippen molar-refractivity contribution in [1.82, 2.24) is 10.7 Å². The summed E-state index contributed by atoms with van der Waals surface area (Å²) < 4.78 is 16.7. The molecule has 11 heteroatoms. The topological polar surface area (TPSA) is 127 Å². The highest BCUT2D eigenvalue weighted by atomic mass is 79.9. The zero-order valence-electron chi connectivity index (χ0n) is 22.0. The Balaban J connectivity index is 1.54. The molecule has 3 amide bonds. The predicted octanol–water partition coefficient (Wildman–Crippen LogP) is 3.87. The number of benzene rings is 3. The average molecular weight is 597 g/mol. The number of aryl methyl sites for hydroxylation is 2. The molecule has 0 radical (unpaired) electrons. The van der Waals surface area contributed by atoms with Crippen LogP contribution in [0, 0.1) is 13.8 Å². The molecular weight excluding hydrogens is 568 g/mol. The SMILES string of the molecule is COc1ccc(CNC(=O)C(=O)N/N=C\c2cc(Br)c(OCC(=O)Nc3cc(C)cc(C)c3)c(OC)c2)cc1. The van der Waals surface area contributed by atoms with Crippen LogP contribution >= 0.6 is 15.9 Å². The van der Waals surface area contributed by atoms with Gasteiger partial charge in [0.2, 0.25) is 0 Å². The summed E-state index contributed by atoms with van der Waals surface area (Å²) in [5, 5.41) is 9.17. The van der Waals surface area contributed by atoms with Crippen molar-refractivity contribution in [3.05, 3.63) is 81.3 Å². The fraction of sp³-hybridized carbons (Fsp3) is 0.214. The van der Waals surface area contributed by atoms with Crippen LogP contribution in [0.4, 0.5) is 5.69 Å². The number of carbonyl (C=O) groups excluding carboxylic acids is 3. The summed E-state index contributed by atoms with van der Waals surface area (Å²) in [6.45, 7) is 3.84. The first-order valence-electron chi connectivity index (χ1n) is 11.8. The van der Waals surface area contributed by atoms with E-state index in [1.807, 2.05) is 32.0 Å². The van der Waals surface area contributed by atoms with Crippen LogP contribution in [0.25, 0.3) is 0 Å². The number of nitrogens with zero attached hydrogens (tertiary/aromatic N) is 1. The van der Waals surface area contributed by atoms with Crippen LogP contribution in [0.2, 0.25) is 0 Å². The van der Waals surface area contributed by atoms with Gasteiger partial charge in [0.15, 0.2) is 18.1 Å². The number of halogens is 1. The van der Waals surface area contributed by atoms with Crippen LogP contribution in [0.15, 0.2) is 64.2 Å². The number of ether oxygens (including phenoxy) is 3. The highest BCUT2D eigenvalue weighted by Gasteiger charge is 2.15. The Morgan fingerprint density at radius 1 is 0.923 bits per heavy atom. The van der Waals surface area contributed by atoms with E-state index in [0.717, 1.165) is 16.7 Å². The van der Waals surface area contributed by atoms with Gasteiger partial charge in [-0.05, 0) is 88.4 Å². The summed E-state index contributed by atoms with van der Waals surface area (Å²) in [4.78, 5) is 36.5. The van der Waals surface area contributed by atoms with Crippen molar-refractivity contribution in [1.29, 1.82) is 0 Å². The van der Waals surface area contributed by atoms with E-state index in [-0.39, 0.29) is 19.1 Å². The van der Waals surface area contributed by atoms with Gasteiger partial charge in [0.1, 0.15) is 5.75 Å². The smallest absolute Gasteiger partial charge is 0.329 e. The van der Waals surface area contributed by atoms with E-state index in [2.05, 4.69) is 37.1 Å². The van der Waals surface area contributed by atoms with Gasteiger partial charge in [-0.1, -0.05) is 18.2 Å². The van der Waals surface area contributed by atoms with Crippen LogP contribution in [-0.4, -0.2) is 44.8 Å². The normalized spacial score (nSPS) is 10.6. The molecular formula is C28H29BrN4O6. The molecule has 0 aliphatic heterocycles. The third-order valence-electron chi connectivity index (χ3n) is 5.30. The van der Waals surface area contributed by atoms with Crippen molar-refractivity contribution in [3.63, 3.8) is 0 Å². The number of hydrogen-bond acceptors (Lipinski definition) is 7. The lowest BCUT2D eigenvalue weighted by Crippen LogP contribution is -2.37. The first-order valence-corrected chi connectivity index (χ1v) is 12.6. The third kappa shape index (κ3) is 8.85. The van der Waals surface area contributed by atoms with Crippen molar-refractivity contribution < 1.29 is 28.6 Å². The summed E-state index contributed by atoms with van der Waals surface area (Å²) in [6, 6.07) is 16.1. The Labute approximate surface area is 234 Å². The highest BCUT2D eigenvalue weighted by Crippen LogP contribution is 2.36. The van der Waals surface area contributed by atoms with Gasteiger partial charge in [0.25, 0.3) is 5.91 Å². The highest BCUT2D eigenvalue weighted by molar-refractivity contribution is 9.10. The molecule has 3 aromatic rings. The Morgan fingerprint density at radius 2 is 1.62 bits per heavy atom. The maximum absolute atomic E-state index is 12.4. The molecule has 3 rings (SSSR count). The third-order valence-corrected chi connectivity index (χ3v) is 5.89. The van der Waals surface area contributed by atoms with Gasteiger partial charge < -0.3 is 24.8 Å². The van der Waals surface area contributed by atoms with Crippen LogP contribution in [-0.2, 0) is 20.9 Å². The second-order valence-electron chi connectivity index (χ2n) is 8.48. The van der Waals surface area contributed by atoms with E-state index in [0.29, 0.717) is 33.0 Å². The molecule has 3 aromatic carbocycles. The number of amides is 3. The van der Waals surface area contributed by atoms with Gasteiger partial charge in [-0.15, -0.1) is 0 Å². The standard InChI is InChI=1S/C28H29BrN4O6/c1-17-9-18(2)11-21(10-17)32-25(34)16-39-26-23(29)12-20(13-24(26)38-4)15-31-33-28(36)27(35)30-14-19-5-7-22(37-3)8-6-19/h5-13,15H,14,16H2,1-4H3,(H,30,35)(H,32,34)(H,33,36)/b31-15-. The first kappa shape index (κ1) is 29.2. The maximum atomic E-state index is 12.4. The van der Waals surface area contributed by atoms with Crippen molar-refractivity contribution in [3.8, 4) is 17.2 Å². The van der Waals surface area contributed by atoms with Crippen LogP contribution in [0.5, 0.6) is 17.2 Å². The first-order chi connectivity index (χ1) is 18.7. The zero-order chi connectivity index (χ0) is 28.4. The fourth-order valence-electron chi connectivity index (χ4n) is 3.56. The van der Waals surface area contributed by atoms with Gasteiger partial charge in [-0.25, -0.2) is 5.43 Å². The second kappa shape index (κ2) is 14.0. The molecule has 3 N–H and O–H groups in total. The molecule has 39 heavy (non-hydrogen) atoms. The summed E-state index contributed by atoms with van der Waals surface area (Å²) in [7, 11) is 3.02. The number of hydrogen-bond donors (Lipinski definition) is 3. The van der Waals surface area contributed by atoms with E-state index in [4.69, 9.17) is 14.2 Å². The quantitative estimate of drug-likeness (QED) is 0.185. The van der Waals surface area contributed by atoms with E-state index >= 15 is 0 Å². The van der Waals surface area contributed by atoms with Crippen molar-refractivity contribution in [2.45, 2.75) is 20.4 Å². The minimum absolute atomic E-state index is 0.175. The lowest BCUT2D eigenvalue weighted by molar-refractivity contribution is -0.139. The molecule has 0 bridgehead atoms. The second-order valence-corrected chi connectivity index (χ2v) is 9.33. The Kier molecular flexibility index (Phi) is 10.4. The molecule has 0 saturated heterocycles. The predicted molar refractivity (Wildman–Crippen MR) is 151 cm³/mol. The molecule has 0 saturated carbocycles. The number of anilines is 1. The van der Waals surface area contributed by atoms with Crippen LogP contribution in [0.3, 0.4) is 0 Å². The molecule has 204 valence electrons. The number of carbonyl (C=O) groups is 3. The van der Waals surface area contributed by atoms with Crippen molar-refractivity contribution >= 4 is 45.6 Å². The minimum atomic E-state index is -0.916. The van der Waals surface area contributed by atoms with E-state index < -0.39 is 11.8 Å². The van der Waals surface area contributed by atoms with Crippen molar-refractivity contribution in [2.24, 2.45) is 5.10 Å². The summed E-state index contributed by atoms with van der Waals surface area (Å²) in [5.41, 5.74) is 6.31. The number of rotatable bonds is 10. The summed E-state index contributed by atoms with van der Waals surface area (Å²) in [6.07, 6.45) is 1.35. The van der Waals surface area contributed by atoms with Crippen molar-refractivity contribution in [2.75, 3.05) is 26.1 Å². The molecule has 10 nitrogen and oxygen atoms in total. The van der Waals surface area contributed by atoms with Crippen LogP contribution in [0.1, 0.15) is 22.3 Å². The maximum Gasteiger partial charge on any atom is 0.329 e. The monoisotopic (exact) mass is 596 g/mol. The van der Waals surface area contributed by atoms with E-state index in [1.165, 1.54) is 13.3 Å². The van der Waals surface area contributed by atoms with E-state index in [9.17, 15) is 14.4 Å². The molecule has 0 fully saturated rings. The Morgan fingerprint density at radius 3 is 2.26 bits per heavy atom. The largest absolute Gasteiger partial charge is 0.497 e. The average Bonchev–Trinajstić information content (AvgIpc) is 2.90. The molecule has 0 atom stereocenters. The molecule has 0 spiro atoms. The minimum Gasteiger partial charge on any atom is -0.497 e. The van der Waals surface area contributed by atoms with Gasteiger partial charge in [-0.2, -0.15) is 5.10 Å². The lowest BCUT2D eigenvalue weighted by Gasteiger charge is -2.14. The van der Waals surface area contributed by atoms with Gasteiger partial charge in [0.05, 0.1) is 24.9 Å². The molecule has 0 aliphatic rings. The number of nitrogens with one attached hydrogen (secondary N) is 3. The van der Waals surface area contributed by atoms with E-state index in [1.54, 1.807) is 43.5 Å². The fourth-order valence-corrected chi connectivity index (χ4v) is 4.13. The Bertz CT molecular complexity index is 1350. The molecule has 0 unspecified atom stereocenters. The summed E-state index contributed by atoms with van der Waals surface area (Å²) >= 11 is 3.41. The van der Waals surface area contributed by atoms with Gasteiger partial charge >= 0.3 is 11.8 Å². The molecule has 0 aliphatic carbocycles. The molecule has 0 heterocycles. The summed E-state index contributed by atoms with van der Waals surface area (Å²) in [5.74, 6) is -0.711. The van der Waals surface area contributed by atoms with Gasteiger partial charge in [0, 0.05) is 12.2 Å². The van der Waals surface area contributed by atoms with Gasteiger partial charge in [-0.3, -0.25) is 14.4 Å². The van der Waals surface area contributed by atoms with Crippen LogP contribution < -0.4 is 30.3 Å². The Hall–Kier alpha value is -4.38.